The van der Waals surface area contributed by atoms with Gasteiger partial charge in [-0.05, 0) is 12.5 Å². The number of hydrogen-bond donors (Lipinski definition) is 2. The molecule has 1 fully saturated rings. The SMILES string of the molecule is C[C@@H](O)[C@H]1C(=O)N2C(C(=O)O)=C(CSc3cc[n+](-c4ccccc4)cc3)[C@H](C)[C@H]12. The van der Waals surface area contributed by atoms with E-state index in [4.69, 9.17) is 0 Å². The van der Waals surface area contributed by atoms with Crippen LogP contribution in [-0.2, 0) is 9.59 Å². The number of aliphatic carboxylic acids is 1. The smallest absolute Gasteiger partial charge is 0.352 e. The number of pyridine rings is 1. The number of thioether (sulfide) groups is 1. The molecule has 2 N–H and O–H groups in total. The number of benzene rings is 1. The Hall–Kier alpha value is -2.64. The van der Waals surface area contributed by atoms with Crippen molar-refractivity contribution in [3.05, 3.63) is 66.1 Å². The standard InChI is InChI=1S/C22H22N2O4S/c1-13-17(20(22(27)28)24-19(13)18(14(2)25)21(24)26)12-29-16-8-10-23(11-9-16)15-6-4-3-5-7-15/h3-11,13-14,18-19,25H,12H2,1-2H3/p+1/t13-,14+,18+,19+/m0/s1. The third-order valence-electron chi connectivity index (χ3n) is 5.77. The van der Waals surface area contributed by atoms with E-state index in [-0.39, 0.29) is 23.6 Å². The number of nitrogens with zero attached hydrogens (tertiary/aromatic N) is 2. The molecule has 4 atom stereocenters. The van der Waals surface area contributed by atoms with Crippen molar-refractivity contribution in [2.24, 2.45) is 11.8 Å². The average molecular weight is 412 g/mol. The maximum Gasteiger partial charge on any atom is 0.352 e. The molecule has 0 saturated carbocycles. The van der Waals surface area contributed by atoms with Gasteiger partial charge in [0.15, 0.2) is 12.4 Å². The highest BCUT2D eigenvalue weighted by Crippen LogP contribution is 2.48. The molecule has 0 unspecified atom stereocenters. The molecule has 2 aliphatic heterocycles. The van der Waals surface area contributed by atoms with E-state index in [1.165, 1.54) is 4.90 Å². The van der Waals surface area contributed by atoms with Crippen molar-refractivity contribution in [2.45, 2.75) is 30.9 Å². The minimum Gasteiger partial charge on any atom is -0.477 e. The molecule has 4 rings (SSSR count). The summed E-state index contributed by atoms with van der Waals surface area (Å²) in [5, 5.41) is 19.6. The molecular weight excluding hydrogens is 388 g/mol. The first-order valence-corrected chi connectivity index (χ1v) is 10.6. The number of carboxylic acid groups (broad SMARTS) is 1. The van der Waals surface area contributed by atoms with Gasteiger partial charge in [-0.3, -0.25) is 4.79 Å². The summed E-state index contributed by atoms with van der Waals surface area (Å²) in [6, 6.07) is 13.7. The quantitative estimate of drug-likeness (QED) is 0.433. The van der Waals surface area contributed by atoms with Crippen LogP contribution >= 0.6 is 11.8 Å². The fourth-order valence-electron chi connectivity index (χ4n) is 4.28. The van der Waals surface area contributed by atoms with Gasteiger partial charge in [0, 0.05) is 40.8 Å². The van der Waals surface area contributed by atoms with Crippen LogP contribution in [0.4, 0.5) is 0 Å². The van der Waals surface area contributed by atoms with E-state index < -0.39 is 18.0 Å². The predicted molar refractivity (Wildman–Crippen MR) is 108 cm³/mol. The van der Waals surface area contributed by atoms with Gasteiger partial charge in [0.05, 0.1) is 18.1 Å². The van der Waals surface area contributed by atoms with Gasteiger partial charge < -0.3 is 15.1 Å². The fraction of sp³-hybridized carbons (Fsp3) is 0.318. The molecule has 150 valence electrons. The number of hydrogen-bond acceptors (Lipinski definition) is 4. The highest BCUT2D eigenvalue weighted by molar-refractivity contribution is 7.99. The maximum atomic E-state index is 12.4. The largest absolute Gasteiger partial charge is 0.477 e. The Morgan fingerprint density at radius 3 is 2.45 bits per heavy atom. The Kier molecular flexibility index (Phi) is 5.19. The number of carbonyl (C=O) groups is 2. The van der Waals surface area contributed by atoms with Crippen LogP contribution in [0, 0.1) is 11.8 Å². The number of carboxylic acids is 1. The van der Waals surface area contributed by atoms with Crippen LogP contribution in [0.1, 0.15) is 13.8 Å². The molecule has 0 spiro atoms. The van der Waals surface area contributed by atoms with Crippen LogP contribution in [0.15, 0.2) is 71.0 Å². The van der Waals surface area contributed by atoms with Gasteiger partial charge in [-0.15, -0.1) is 11.8 Å². The summed E-state index contributed by atoms with van der Waals surface area (Å²) in [6.07, 6.45) is 3.17. The van der Waals surface area contributed by atoms with Crippen molar-refractivity contribution < 1.29 is 24.4 Å². The number of amides is 1. The van der Waals surface area contributed by atoms with Gasteiger partial charge in [0.1, 0.15) is 5.70 Å². The number of para-hydroxylation sites is 1. The van der Waals surface area contributed by atoms with E-state index in [1.807, 2.05) is 66.3 Å². The van der Waals surface area contributed by atoms with Crippen molar-refractivity contribution in [3.8, 4) is 5.69 Å². The summed E-state index contributed by atoms with van der Waals surface area (Å²) in [7, 11) is 0. The van der Waals surface area contributed by atoms with E-state index in [0.29, 0.717) is 5.75 Å². The normalized spacial score (nSPS) is 24.3. The van der Waals surface area contributed by atoms with Crippen molar-refractivity contribution in [3.63, 3.8) is 0 Å². The second-order valence-corrected chi connectivity index (χ2v) is 8.55. The minimum absolute atomic E-state index is 0.0900. The van der Waals surface area contributed by atoms with E-state index in [2.05, 4.69) is 0 Å². The highest BCUT2D eigenvalue weighted by atomic mass is 32.2. The molecular formula is C22H23N2O4S+. The van der Waals surface area contributed by atoms with E-state index in [9.17, 15) is 19.8 Å². The Labute approximate surface area is 173 Å². The molecule has 3 heterocycles. The van der Waals surface area contributed by atoms with Crippen molar-refractivity contribution in [1.29, 1.82) is 0 Å². The van der Waals surface area contributed by atoms with E-state index in [1.54, 1.807) is 18.7 Å². The Bertz CT molecular complexity index is 972. The molecule has 6 nitrogen and oxygen atoms in total. The van der Waals surface area contributed by atoms with Crippen LogP contribution in [0.5, 0.6) is 0 Å². The summed E-state index contributed by atoms with van der Waals surface area (Å²) in [5.41, 5.74) is 1.91. The molecule has 7 heteroatoms. The molecule has 2 aromatic rings. The molecule has 1 aromatic carbocycles. The van der Waals surface area contributed by atoms with Crippen LogP contribution in [0.2, 0.25) is 0 Å². The third-order valence-corrected chi connectivity index (χ3v) is 6.83. The number of carbonyl (C=O) groups excluding carboxylic acids is 1. The topological polar surface area (TPSA) is 81.7 Å². The number of aromatic nitrogens is 1. The van der Waals surface area contributed by atoms with E-state index >= 15 is 0 Å². The number of rotatable bonds is 6. The number of β-lactam (4-membered cyclic amide) rings is 1. The predicted octanol–water partition coefficient (Wildman–Crippen LogP) is 2.25. The lowest BCUT2D eigenvalue weighted by atomic mass is 9.78. The number of aliphatic hydroxyl groups excluding tert-OH is 1. The van der Waals surface area contributed by atoms with E-state index in [0.717, 1.165) is 16.2 Å². The Balaban J connectivity index is 1.52. The van der Waals surface area contributed by atoms with Gasteiger partial charge >= 0.3 is 5.97 Å². The highest BCUT2D eigenvalue weighted by Gasteiger charge is 2.59. The first kappa shape index (κ1) is 19.7. The maximum absolute atomic E-state index is 12.4. The third kappa shape index (κ3) is 3.34. The molecule has 2 aliphatic rings. The molecule has 1 saturated heterocycles. The Morgan fingerprint density at radius 2 is 1.86 bits per heavy atom. The monoisotopic (exact) mass is 411 g/mol. The lowest BCUT2D eigenvalue weighted by Gasteiger charge is -2.46. The minimum atomic E-state index is -1.08. The van der Waals surface area contributed by atoms with Gasteiger partial charge in [0.25, 0.3) is 0 Å². The zero-order chi connectivity index (χ0) is 20.7. The molecule has 29 heavy (non-hydrogen) atoms. The lowest BCUT2D eigenvalue weighted by molar-refractivity contribution is -0.596. The summed E-state index contributed by atoms with van der Waals surface area (Å²) in [4.78, 5) is 26.6. The first-order valence-electron chi connectivity index (χ1n) is 9.57. The van der Waals surface area contributed by atoms with Gasteiger partial charge in [-0.1, -0.05) is 25.1 Å². The number of fused-ring (bicyclic) bond motifs is 1. The molecule has 0 bridgehead atoms. The van der Waals surface area contributed by atoms with Crippen LogP contribution in [0.3, 0.4) is 0 Å². The van der Waals surface area contributed by atoms with Crippen LogP contribution in [0.25, 0.3) is 5.69 Å². The van der Waals surface area contributed by atoms with Crippen molar-refractivity contribution in [2.75, 3.05) is 5.75 Å². The molecule has 1 amide bonds. The first-order chi connectivity index (χ1) is 13.9. The van der Waals surface area contributed by atoms with Crippen molar-refractivity contribution in [1.82, 2.24) is 4.90 Å². The second-order valence-electron chi connectivity index (χ2n) is 7.50. The summed E-state index contributed by atoms with van der Waals surface area (Å²) < 4.78 is 2.02. The summed E-state index contributed by atoms with van der Waals surface area (Å²) >= 11 is 1.55. The lowest BCUT2D eigenvalue weighted by Crippen LogP contribution is -2.63. The zero-order valence-electron chi connectivity index (χ0n) is 16.2. The molecule has 1 aromatic heterocycles. The fourth-order valence-corrected chi connectivity index (χ4v) is 5.31. The second kappa shape index (κ2) is 7.65. The van der Waals surface area contributed by atoms with Crippen molar-refractivity contribution >= 4 is 23.6 Å². The Morgan fingerprint density at radius 1 is 1.21 bits per heavy atom. The van der Waals surface area contributed by atoms with Crippen LogP contribution in [-0.4, -0.2) is 44.9 Å². The molecule has 0 aliphatic carbocycles. The zero-order valence-corrected chi connectivity index (χ0v) is 17.0. The van der Waals surface area contributed by atoms with Crippen LogP contribution < -0.4 is 4.57 Å². The summed E-state index contributed by atoms with van der Waals surface area (Å²) in [5.74, 6) is -1.50. The summed E-state index contributed by atoms with van der Waals surface area (Å²) in [6.45, 7) is 3.53. The average Bonchev–Trinajstić information content (AvgIpc) is 2.95. The van der Waals surface area contributed by atoms with Gasteiger partial charge in [0.2, 0.25) is 11.6 Å². The van der Waals surface area contributed by atoms with Gasteiger partial charge in [-0.25, -0.2) is 4.79 Å². The number of aliphatic hydroxyl groups is 1. The molecule has 0 radical (unpaired) electrons. The van der Waals surface area contributed by atoms with Gasteiger partial charge in [-0.2, -0.15) is 4.57 Å².